The molecule has 15 heavy (non-hydrogen) atoms. The highest BCUT2D eigenvalue weighted by molar-refractivity contribution is 5.74. The van der Waals surface area contributed by atoms with Gasteiger partial charge in [0, 0.05) is 0 Å². The second-order valence-corrected chi connectivity index (χ2v) is 4.99. The average molecular weight is 212 g/mol. The van der Waals surface area contributed by atoms with Crippen molar-refractivity contribution < 1.29 is 4.58 Å². The van der Waals surface area contributed by atoms with Crippen molar-refractivity contribution in [1.29, 1.82) is 0 Å². The van der Waals surface area contributed by atoms with E-state index in [4.69, 9.17) is 0 Å². The van der Waals surface area contributed by atoms with Crippen LogP contribution >= 0.6 is 0 Å². The predicted octanol–water partition coefficient (Wildman–Crippen LogP) is 1.44. The van der Waals surface area contributed by atoms with Gasteiger partial charge in [-0.05, 0) is 12.8 Å². The summed E-state index contributed by atoms with van der Waals surface area (Å²) in [5, 5.41) is 0. The summed E-state index contributed by atoms with van der Waals surface area (Å²) >= 11 is 0. The first-order chi connectivity index (χ1) is 7.04. The molecular formula is C12H26N3+. The monoisotopic (exact) mass is 212 g/mol. The van der Waals surface area contributed by atoms with Crippen molar-refractivity contribution in [3.63, 3.8) is 0 Å². The highest BCUT2D eigenvalue weighted by Gasteiger charge is 2.27. The van der Waals surface area contributed by atoms with Gasteiger partial charge in [-0.1, -0.05) is 19.3 Å². The van der Waals surface area contributed by atoms with Gasteiger partial charge in [0.15, 0.2) is 0 Å². The van der Waals surface area contributed by atoms with Crippen LogP contribution in [0.15, 0.2) is 0 Å². The Balaban J connectivity index is 2.71. The highest BCUT2D eigenvalue weighted by atomic mass is 15.4. The Labute approximate surface area is 94.4 Å². The van der Waals surface area contributed by atoms with E-state index in [1.165, 1.54) is 38.1 Å². The average Bonchev–Trinajstić information content (AvgIpc) is 2.18. The molecule has 0 aromatic carbocycles. The molecule has 1 aliphatic rings. The Morgan fingerprint density at radius 1 is 1.00 bits per heavy atom. The minimum atomic E-state index is 0.735. The number of hydrogen-bond donors (Lipinski definition) is 0. The zero-order chi connectivity index (χ0) is 11.4. The fourth-order valence-corrected chi connectivity index (χ4v) is 2.66. The van der Waals surface area contributed by atoms with Crippen molar-refractivity contribution in [2.45, 2.75) is 38.1 Å². The fraction of sp³-hybridized carbons (Fsp3) is 0.917. The first-order valence-corrected chi connectivity index (χ1v) is 5.98. The highest BCUT2D eigenvalue weighted by Crippen LogP contribution is 2.21. The molecule has 88 valence electrons. The van der Waals surface area contributed by atoms with E-state index in [2.05, 4.69) is 49.6 Å². The number of rotatable bonds is 1. The third-order valence-corrected chi connectivity index (χ3v) is 3.24. The molecule has 0 saturated heterocycles. The molecule has 3 nitrogen and oxygen atoms in total. The molecule has 0 heterocycles. The van der Waals surface area contributed by atoms with Gasteiger partial charge in [0.1, 0.15) is 0 Å². The van der Waals surface area contributed by atoms with Gasteiger partial charge in [0.25, 0.3) is 0 Å². The number of guanidine groups is 1. The van der Waals surface area contributed by atoms with Gasteiger partial charge in [-0.3, -0.25) is 14.4 Å². The van der Waals surface area contributed by atoms with E-state index >= 15 is 0 Å². The van der Waals surface area contributed by atoms with Crippen LogP contribution in [0.25, 0.3) is 0 Å². The predicted molar refractivity (Wildman–Crippen MR) is 65.4 cm³/mol. The van der Waals surface area contributed by atoms with E-state index in [1.807, 2.05) is 0 Å². The van der Waals surface area contributed by atoms with Crippen LogP contribution in [0.3, 0.4) is 0 Å². The van der Waals surface area contributed by atoms with Crippen LogP contribution in [0.4, 0.5) is 0 Å². The summed E-state index contributed by atoms with van der Waals surface area (Å²) in [6.07, 6.45) is 6.90. The molecule has 0 aromatic rings. The van der Waals surface area contributed by atoms with Crippen LogP contribution in [0.2, 0.25) is 0 Å². The van der Waals surface area contributed by atoms with Gasteiger partial charge in [-0.25, -0.2) is 0 Å². The Morgan fingerprint density at radius 3 is 1.93 bits per heavy atom. The second-order valence-electron chi connectivity index (χ2n) is 4.99. The van der Waals surface area contributed by atoms with E-state index in [1.54, 1.807) is 0 Å². The molecule has 0 amide bonds. The first kappa shape index (κ1) is 12.3. The molecule has 1 saturated carbocycles. The zero-order valence-corrected chi connectivity index (χ0v) is 11.0. The molecule has 0 N–H and O–H groups in total. The summed E-state index contributed by atoms with van der Waals surface area (Å²) in [6.45, 7) is 0. The number of hydrogen-bond acceptors (Lipinski definition) is 0. The van der Waals surface area contributed by atoms with Gasteiger partial charge >= 0.3 is 5.96 Å². The molecule has 3 heteroatoms. The molecule has 0 atom stereocenters. The third kappa shape index (κ3) is 3.11. The van der Waals surface area contributed by atoms with Crippen molar-refractivity contribution in [3.05, 3.63) is 0 Å². The summed E-state index contributed by atoms with van der Waals surface area (Å²) in [5.41, 5.74) is 0. The van der Waals surface area contributed by atoms with E-state index in [9.17, 15) is 0 Å². The lowest BCUT2D eigenvalue weighted by Gasteiger charge is -2.31. The first-order valence-electron chi connectivity index (χ1n) is 5.98. The minimum absolute atomic E-state index is 0.735. The fourth-order valence-electron chi connectivity index (χ4n) is 2.66. The van der Waals surface area contributed by atoms with Gasteiger partial charge < -0.3 is 0 Å². The SMILES string of the molecule is CN(C)C(N(C)C1CCCCC1)=[N+](C)C. The summed E-state index contributed by atoms with van der Waals surface area (Å²) in [6, 6.07) is 0.735. The standard InChI is InChI=1S/C12H26N3/c1-13(2)12(14(3)4)15(5)11-9-7-6-8-10-11/h11H,6-10H2,1-5H3/q+1. The quantitative estimate of drug-likeness (QED) is 0.370. The van der Waals surface area contributed by atoms with Crippen LogP contribution in [-0.2, 0) is 0 Å². The van der Waals surface area contributed by atoms with E-state index < -0.39 is 0 Å². The van der Waals surface area contributed by atoms with Crippen molar-refractivity contribution in [3.8, 4) is 0 Å². The lowest BCUT2D eigenvalue weighted by Crippen LogP contribution is -2.48. The van der Waals surface area contributed by atoms with Crippen molar-refractivity contribution in [1.82, 2.24) is 9.80 Å². The Morgan fingerprint density at radius 2 is 1.53 bits per heavy atom. The summed E-state index contributed by atoms with van der Waals surface area (Å²) < 4.78 is 2.20. The van der Waals surface area contributed by atoms with E-state index in [0.717, 1.165) is 6.04 Å². The maximum Gasteiger partial charge on any atom is 0.349 e. The maximum atomic E-state index is 2.44. The molecule has 1 rings (SSSR count). The molecule has 0 aliphatic heterocycles. The molecule has 0 bridgehead atoms. The normalized spacial score (nSPS) is 17.4. The van der Waals surface area contributed by atoms with Gasteiger partial charge in [0.05, 0.1) is 41.3 Å². The smallest absolute Gasteiger partial charge is 0.270 e. The van der Waals surface area contributed by atoms with Crippen LogP contribution in [-0.4, -0.2) is 61.6 Å². The molecule has 0 unspecified atom stereocenters. The molecular weight excluding hydrogens is 186 g/mol. The van der Waals surface area contributed by atoms with Crippen molar-refractivity contribution in [2.24, 2.45) is 0 Å². The van der Waals surface area contributed by atoms with Gasteiger partial charge in [-0.2, -0.15) is 0 Å². The topological polar surface area (TPSA) is 9.49 Å². The molecule has 0 aromatic heterocycles. The summed E-state index contributed by atoms with van der Waals surface area (Å²) in [7, 11) is 10.7. The lowest BCUT2D eigenvalue weighted by molar-refractivity contribution is -0.476. The molecule has 0 radical (unpaired) electrons. The summed E-state index contributed by atoms with van der Waals surface area (Å²) in [5.74, 6) is 1.31. The zero-order valence-electron chi connectivity index (χ0n) is 11.0. The summed E-state index contributed by atoms with van der Waals surface area (Å²) in [4.78, 5) is 4.65. The Bertz CT molecular complexity index is 223. The van der Waals surface area contributed by atoms with Gasteiger partial charge in [-0.15, -0.1) is 0 Å². The maximum absolute atomic E-state index is 2.44. The minimum Gasteiger partial charge on any atom is -0.270 e. The lowest BCUT2D eigenvalue weighted by atomic mass is 9.95. The van der Waals surface area contributed by atoms with E-state index in [0.29, 0.717) is 0 Å². The molecule has 1 fully saturated rings. The van der Waals surface area contributed by atoms with Crippen molar-refractivity contribution >= 4 is 5.96 Å². The van der Waals surface area contributed by atoms with Crippen LogP contribution < -0.4 is 0 Å². The van der Waals surface area contributed by atoms with Gasteiger partial charge in [0.2, 0.25) is 0 Å². The Kier molecular flexibility index (Phi) is 4.43. The second kappa shape index (κ2) is 5.38. The van der Waals surface area contributed by atoms with E-state index in [-0.39, 0.29) is 0 Å². The Hall–Kier alpha value is -0.730. The van der Waals surface area contributed by atoms with Crippen LogP contribution in [0, 0.1) is 0 Å². The molecule has 0 spiro atoms. The largest absolute Gasteiger partial charge is 0.349 e. The van der Waals surface area contributed by atoms with Crippen LogP contribution in [0.5, 0.6) is 0 Å². The molecule has 1 aliphatic carbocycles. The van der Waals surface area contributed by atoms with Crippen LogP contribution in [0.1, 0.15) is 32.1 Å². The third-order valence-electron chi connectivity index (χ3n) is 3.24. The van der Waals surface area contributed by atoms with Crippen molar-refractivity contribution in [2.75, 3.05) is 35.2 Å². The number of nitrogens with zero attached hydrogens (tertiary/aromatic N) is 3.